The number of rotatable bonds is 12. The molecule has 10 heteroatoms. The maximum absolute atomic E-state index is 12.9. The Kier molecular flexibility index (Phi) is 10.1. The van der Waals surface area contributed by atoms with Gasteiger partial charge in [-0.05, 0) is 30.0 Å². The molecule has 1 aliphatic heterocycles. The van der Waals surface area contributed by atoms with Gasteiger partial charge in [-0.3, -0.25) is 9.59 Å². The van der Waals surface area contributed by atoms with E-state index in [9.17, 15) is 14.4 Å². The third-order valence-corrected chi connectivity index (χ3v) is 5.71. The van der Waals surface area contributed by atoms with Crippen molar-refractivity contribution in [3.63, 3.8) is 0 Å². The van der Waals surface area contributed by atoms with Crippen LogP contribution in [0.1, 0.15) is 25.8 Å². The van der Waals surface area contributed by atoms with Crippen LogP contribution in [0.2, 0.25) is 0 Å². The average molecular weight is 499 g/mol. The predicted molar refractivity (Wildman–Crippen MR) is 133 cm³/mol. The van der Waals surface area contributed by atoms with Crippen LogP contribution < -0.4 is 5.32 Å². The van der Waals surface area contributed by atoms with Gasteiger partial charge < -0.3 is 29.7 Å². The topological polar surface area (TPSA) is 121 Å². The van der Waals surface area contributed by atoms with Crippen LogP contribution in [-0.4, -0.2) is 82.8 Å². The van der Waals surface area contributed by atoms with Crippen molar-refractivity contribution in [2.24, 2.45) is 5.92 Å². The molecule has 0 aliphatic carbocycles. The Morgan fingerprint density at radius 3 is 2.58 bits per heavy atom. The Bertz CT molecular complexity index is 988. The van der Waals surface area contributed by atoms with Gasteiger partial charge in [-0.25, -0.2) is 9.78 Å². The molecule has 2 atom stereocenters. The highest BCUT2D eigenvalue weighted by Gasteiger charge is 2.37. The van der Waals surface area contributed by atoms with Gasteiger partial charge in [-0.2, -0.15) is 0 Å². The molecule has 1 fully saturated rings. The van der Waals surface area contributed by atoms with Gasteiger partial charge in [-0.15, -0.1) is 0 Å². The van der Waals surface area contributed by atoms with Gasteiger partial charge >= 0.3 is 12.1 Å². The minimum Gasteiger partial charge on any atom is -0.480 e. The lowest BCUT2D eigenvalue weighted by Crippen LogP contribution is -2.41. The number of benzene rings is 1. The van der Waals surface area contributed by atoms with E-state index in [0.717, 1.165) is 5.56 Å². The summed E-state index contributed by atoms with van der Waals surface area (Å²) in [5.74, 6) is -0.651. The average Bonchev–Trinajstić information content (AvgIpc) is 3.28. The molecule has 10 nitrogen and oxygen atoms in total. The first kappa shape index (κ1) is 26.9. The highest BCUT2D eigenvalue weighted by molar-refractivity contribution is 5.82. The number of carbonyl (C=O) groups is 3. The lowest BCUT2D eigenvalue weighted by molar-refractivity contribution is -0.147. The highest BCUT2D eigenvalue weighted by atomic mass is 16.6. The number of aliphatic carboxylic acids is 1. The molecule has 2 heterocycles. The second kappa shape index (κ2) is 13.4. The molecule has 3 rings (SSSR count). The number of hydrogen-bond donors (Lipinski definition) is 2. The van der Waals surface area contributed by atoms with Gasteiger partial charge in [0.2, 0.25) is 5.91 Å². The molecular formula is C26H34N4O6. The Morgan fingerprint density at radius 2 is 1.92 bits per heavy atom. The zero-order chi connectivity index (χ0) is 25.9. The first-order valence-corrected chi connectivity index (χ1v) is 12.0. The molecule has 2 unspecified atom stereocenters. The van der Waals surface area contributed by atoms with E-state index < -0.39 is 12.1 Å². The lowest BCUT2D eigenvalue weighted by Gasteiger charge is -2.24. The number of amides is 2. The van der Waals surface area contributed by atoms with Gasteiger partial charge in [0.1, 0.15) is 25.6 Å². The summed E-state index contributed by atoms with van der Waals surface area (Å²) in [7, 11) is 0. The largest absolute Gasteiger partial charge is 0.480 e. The van der Waals surface area contributed by atoms with Crippen LogP contribution in [0.3, 0.4) is 0 Å². The van der Waals surface area contributed by atoms with Crippen LogP contribution in [-0.2, 0) is 25.7 Å². The summed E-state index contributed by atoms with van der Waals surface area (Å²) in [6.45, 7) is 4.38. The normalized spacial score (nSPS) is 17.1. The number of ether oxygens (including phenoxy) is 2. The predicted octanol–water partition coefficient (Wildman–Crippen LogP) is 2.86. The summed E-state index contributed by atoms with van der Waals surface area (Å²) in [5, 5.41) is 12.4. The molecule has 1 saturated heterocycles. The van der Waals surface area contributed by atoms with Crippen molar-refractivity contribution in [2.75, 3.05) is 38.1 Å². The quantitative estimate of drug-likeness (QED) is 0.458. The summed E-state index contributed by atoms with van der Waals surface area (Å²) < 4.78 is 11.4. The second-order valence-electron chi connectivity index (χ2n) is 9.17. The summed E-state index contributed by atoms with van der Waals surface area (Å²) in [4.78, 5) is 43.9. The summed E-state index contributed by atoms with van der Waals surface area (Å²) >= 11 is 0. The number of aromatic nitrogens is 1. The maximum Gasteiger partial charge on any atom is 0.410 e. The lowest BCUT2D eigenvalue weighted by atomic mass is 10.2. The van der Waals surface area contributed by atoms with Crippen molar-refractivity contribution in [2.45, 2.75) is 39.0 Å². The van der Waals surface area contributed by atoms with Gasteiger partial charge in [0.05, 0.1) is 18.7 Å². The molecular weight excluding hydrogens is 464 g/mol. The molecule has 0 bridgehead atoms. The van der Waals surface area contributed by atoms with Crippen molar-refractivity contribution in [1.82, 2.24) is 14.8 Å². The number of likely N-dealkylation sites (tertiary alicyclic amines) is 1. The molecule has 0 radical (unpaired) electrons. The Labute approximate surface area is 211 Å². The van der Waals surface area contributed by atoms with Crippen LogP contribution in [0.15, 0.2) is 54.7 Å². The van der Waals surface area contributed by atoms with Gasteiger partial charge in [-0.1, -0.05) is 50.2 Å². The minimum atomic E-state index is -1.07. The van der Waals surface area contributed by atoms with E-state index in [1.807, 2.05) is 62.4 Å². The SMILES string of the molecule is CC(C)CN(CC(=O)O)C(=O)COC1CC(CNc2ccccn2)N(C(=O)OCc2ccccc2)C1. The fourth-order valence-corrected chi connectivity index (χ4v) is 4.04. The number of anilines is 1. The summed E-state index contributed by atoms with van der Waals surface area (Å²) in [5.41, 5.74) is 0.885. The number of hydrogen-bond acceptors (Lipinski definition) is 7. The molecule has 2 aromatic rings. The molecule has 194 valence electrons. The van der Waals surface area contributed by atoms with E-state index in [4.69, 9.17) is 14.6 Å². The van der Waals surface area contributed by atoms with Crippen LogP contribution in [0.25, 0.3) is 0 Å². The number of pyridine rings is 1. The monoisotopic (exact) mass is 498 g/mol. The summed E-state index contributed by atoms with van der Waals surface area (Å²) in [6, 6.07) is 14.7. The van der Waals surface area contributed by atoms with E-state index in [2.05, 4.69) is 10.3 Å². The van der Waals surface area contributed by atoms with Crippen molar-refractivity contribution >= 4 is 23.8 Å². The number of nitrogens with one attached hydrogen (secondary N) is 1. The highest BCUT2D eigenvalue weighted by Crippen LogP contribution is 2.23. The van der Waals surface area contributed by atoms with E-state index in [0.29, 0.717) is 25.3 Å². The standard InChI is InChI=1S/C26H34N4O6/c1-19(2)14-29(16-25(32)33)24(31)18-35-22-12-21(13-28-23-10-6-7-11-27-23)30(15-22)26(34)36-17-20-8-4-3-5-9-20/h3-11,19,21-22H,12-18H2,1-2H3,(H,27,28)(H,32,33). The Morgan fingerprint density at radius 1 is 1.17 bits per heavy atom. The Balaban J connectivity index is 1.60. The van der Waals surface area contributed by atoms with E-state index in [-0.39, 0.29) is 50.3 Å². The van der Waals surface area contributed by atoms with Crippen molar-refractivity contribution in [3.05, 3.63) is 60.3 Å². The number of nitrogens with zero attached hydrogens (tertiary/aromatic N) is 3. The maximum atomic E-state index is 12.9. The van der Waals surface area contributed by atoms with E-state index in [1.54, 1.807) is 11.1 Å². The minimum absolute atomic E-state index is 0.122. The van der Waals surface area contributed by atoms with Crippen LogP contribution in [0, 0.1) is 5.92 Å². The van der Waals surface area contributed by atoms with Crippen LogP contribution >= 0.6 is 0 Å². The third-order valence-electron chi connectivity index (χ3n) is 5.71. The fraction of sp³-hybridized carbons (Fsp3) is 0.462. The second-order valence-corrected chi connectivity index (χ2v) is 9.17. The number of carboxylic acid groups (broad SMARTS) is 1. The molecule has 36 heavy (non-hydrogen) atoms. The van der Waals surface area contributed by atoms with Gasteiger partial charge in [0.15, 0.2) is 0 Å². The van der Waals surface area contributed by atoms with Crippen molar-refractivity contribution in [3.8, 4) is 0 Å². The van der Waals surface area contributed by atoms with Gasteiger partial charge in [0.25, 0.3) is 0 Å². The molecule has 0 spiro atoms. The number of carbonyl (C=O) groups excluding carboxylic acids is 2. The molecule has 1 aromatic heterocycles. The number of carboxylic acids is 1. The first-order valence-electron chi connectivity index (χ1n) is 12.0. The Hall–Kier alpha value is -3.66. The van der Waals surface area contributed by atoms with Crippen LogP contribution in [0.4, 0.5) is 10.6 Å². The van der Waals surface area contributed by atoms with Crippen molar-refractivity contribution < 1.29 is 29.0 Å². The van der Waals surface area contributed by atoms with Crippen LogP contribution in [0.5, 0.6) is 0 Å². The fourth-order valence-electron chi connectivity index (χ4n) is 4.04. The smallest absolute Gasteiger partial charge is 0.410 e. The molecule has 1 aliphatic rings. The zero-order valence-electron chi connectivity index (χ0n) is 20.7. The van der Waals surface area contributed by atoms with E-state index in [1.165, 1.54) is 4.90 Å². The first-order chi connectivity index (χ1) is 17.3. The third kappa shape index (κ3) is 8.53. The molecule has 1 aromatic carbocycles. The molecule has 2 amide bonds. The van der Waals surface area contributed by atoms with E-state index >= 15 is 0 Å². The van der Waals surface area contributed by atoms with Gasteiger partial charge in [0, 0.05) is 19.3 Å². The molecule has 0 saturated carbocycles. The zero-order valence-corrected chi connectivity index (χ0v) is 20.7. The summed E-state index contributed by atoms with van der Waals surface area (Å²) in [6.07, 6.45) is 1.33. The molecule has 2 N–H and O–H groups in total. The van der Waals surface area contributed by atoms with Crippen molar-refractivity contribution in [1.29, 1.82) is 0 Å².